The summed E-state index contributed by atoms with van der Waals surface area (Å²) in [4.78, 5) is 0. The summed E-state index contributed by atoms with van der Waals surface area (Å²) in [6, 6.07) is 6.09. The SMILES string of the molecule is CCNC(Cc1cc(Cl)ccc1Cl)C(C)(C)CC. The van der Waals surface area contributed by atoms with Gasteiger partial charge >= 0.3 is 0 Å². The molecule has 0 fully saturated rings. The van der Waals surface area contributed by atoms with Gasteiger partial charge in [-0.3, -0.25) is 0 Å². The first-order chi connectivity index (χ1) is 8.40. The van der Waals surface area contributed by atoms with Gasteiger partial charge in [-0.05, 0) is 48.6 Å². The first kappa shape index (κ1) is 15.8. The van der Waals surface area contributed by atoms with E-state index in [9.17, 15) is 0 Å². The third kappa shape index (κ3) is 4.15. The summed E-state index contributed by atoms with van der Waals surface area (Å²) >= 11 is 12.3. The maximum Gasteiger partial charge on any atom is 0.0439 e. The first-order valence-corrected chi connectivity index (χ1v) is 7.33. The molecule has 1 rings (SSSR count). The van der Waals surface area contributed by atoms with Gasteiger partial charge in [-0.2, -0.15) is 0 Å². The Bertz CT molecular complexity index is 388. The van der Waals surface area contributed by atoms with Gasteiger partial charge < -0.3 is 5.32 Å². The van der Waals surface area contributed by atoms with Crippen LogP contribution in [0, 0.1) is 5.41 Å². The van der Waals surface area contributed by atoms with Crippen molar-refractivity contribution in [2.24, 2.45) is 5.41 Å². The van der Waals surface area contributed by atoms with Gasteiger partial charge in [0.05, 0.1) is 0 Å². The first-order valence-electron chi connectivity index (χ1n) is 6.58. The number of hydrogen-bond donors (Lipinski definition) is 1. The summed E-state index contributed by atoms with van der Waals surface area (Å²) in [5.41, 5.74) is 1.36. The summed E-state index contributed by atoms with van der Waals surface area (Å²) in [6.07, 6.45) is 2.04. The molecule has 18 heavy (non-hydrogen) atoms. The molecule has 1 atom stereocenters. The van der Waals surface area contributed by atoms with Crippen molar-refractivity contribution < 1.29 is 0 Å². The molecule has 0 aliphatic heterocycles. The van der Waals surface area contributed by atoms with Gasteiger partial charge in [0.2, 0.25) is 0 Å². The topological polar surface area (TPSA) is 12.0 Å². The van der Waals surface area contributed by atoms with Crippen LogP contribution in [0.5, 0.6) is 0 Å². The lowest BCUT2D eigenvalue weighted by atomic mass is 9.79. The highest BCUT2D eigenvalue weighted by Crippen LogP contribution is 2.30. The van der Waals surface area contributed by atoms with E-state index in [1.807, 2.05) is 18.2 Å². The second kappa shape index (κ2) is 6.79. The van der Waals surface area contributed by atoms with Crippen molar-refractivity contribution in [1.82, 2.24) is 5.32 Å². The lowest BCUT2D eigenvalue weighted by Gasteiger charge is -2.34. The standard InChI is InChI=1S/C15H23Cl2N/c1-5-15(3,4)14(18-6-2)10-11-9-12(16)7-8-13(11)17/h7-9,14,18H,5-6,10H2,1-4H3. The summed E-state index contributed by atoms with van der Waals surface area (Å²) in [5.74, 6) is 0. The summed E-state index contributed by atoms with van der Waals surface area (Å²) < 4.78 is 0. The third-order valence-electron chi connectivity index (χ3n) is 3.74. The molecule has 1 N–H and O–H groups in total. The molecular weight excluding hydrogens is 265 g/mol. The van der Waals surface area contributed by atoms with Crippen molar-refractivity contribution in [1.29, 1.82) is 0 Å². The van der Waals surface area contributed by atoms with Crippen LogP contribution in [0.4, 0.5) is 0 Å². The van der Waals surface area contributed by atoms with Gasteiger partial charge in [-0.25, -0.2) is 0 Å². The van der Waals surface area contributed by atoms with Crippen LogP contribution in [0.25, 0.3) is 0 Å². The van der Waals surface area contributed by atoms with Crippen LogP contribution in [-0.4, -0.2) is 12.6 Å². The van der Waals surface area contributed by atoms with E-state index in [0.29, 0.717) is 6.04 Å². The van der Waals surface area contributed by atoms with Gasteiger partial charge in [0.1, 0.15) is 0 Å². The highest BCUT2D eigenvalue weighted by molar-refractivity contribution is 6.33. The van der Waals surface area contributed by atoms with E-state index in [4.69, 9.17) is 23.2 Å². The average Bonchev–Trinajstić information content (AvgIpc) is 2.33. The predicted molar refractivity (Wildman–Crippen MR) is 81.7 cm³/mol. The molecule has 0 radical (unpaired) electrons. The van der Waals surface area contributed by atoms with E-state index < -0.39 is 0 Å². The number of rotatable bonds is 6. The van der Waals surface area contributed by atoms with Gasteiger partial charge in [0.15, 0.2) is 0 Å². The highest BCUT2D eigenvalue weighted by atomic mass is 35.5. The largest absolute Gasteiger partial charge is 0.313 e. The molecule has 0 saturated carbocycles. The van der Waals surface area contributed by atoms with E-state index in [2.05, 4.69) is 33.0 Å². The van der Waals surface area contributed by atoms with E-state index >= 15 is 0 Å². The normalized spacial score (nSPS) is 13.7. The molecule has 0 bridgehead atoms. The zero-order valence-corrected chi connectivity index (χ0v) is 13.2. The maximum atomic E-state index is 6.25. The monoisotopic (exact) mass is 287 g/mol. The van der Waals surface area contributed by atoms with Crippen LogP contribution in [0.2, 0.25) is 10.0 Å². The van der Waals surface area contributed by atoms with Gasteiger partial charge in [-0.1, -0.05) is 50.9 Å². The molecule has 0 aliphatic rings. The molecule has 0 aromatic heterocycles. The fourth-order valence-electron chi connectivity index (χ4n) is 2.04. The van der Waals surface area contributed by atoms with E-state index in [-0.39, 0.29) is 5.41 Å². The number of benzene rings is 1. The molecule has 1 aromatic carbocycles. The maximum absolute atomic E-state index is 6.25. The number of likely N-dealkylation sites (N-methyl/N-ethyl adjacent to an activating group) is 1. The lowest BCUT2D eigenvalue weighted by molar-refractivity contribution is 0.233. The number of halogens is 2. The molecule has 3 heteroatoms. The van der Waals surface area contributed by atoms with Crippen molar-refractivity contribution in [3.8, 4) is 0 Å². The Labute approximate surface area is 121 Å². The number of nitrogens with one attached hydrogen (secondary N) is 1. The molecule has 0 aliphatic carbocycles. The van der Waals surface area contributed by atoms with E-state index in [0.717, 1.165) is 35.0 Å². The Morgan fingerprint density at radius 3 is 2.44 bits per heavy atom. The minimum Gasteiger partial charge on any atom is -0.313 e. The Hall–Kier alpha value is -0.240. The minimum atomic E-state index is 0.238. The molecule has 0 amide bonds. The summed E-state index contributed by atoms with van der Waals surface area (Å²) in [7, 11) is 0. The van der Waals surface area contributed by atoms with E-state index in [1.165, 1.54) is 0 Å². The zero-order valence-electron chi connectivity index (χ0n) is 11.7. The lowest BCUT2D eigenvalue weighted by Crippen LogP contribution is -2.43. The second-order valence-corrected chi connectivity index (χ2v) is 6.24. The van der Waals surface area contributed by atoms with Gasteiger partial charge in [-0.15, -0.1) is 0 Å². The summed E-state index contributed by atoms with van der Waals surface area (Å²) in [5, 5.41) is 5.12. The Morgan fingerprint density at radius 1 is 1.22 bits per heavy atom. The van der Waals surface area contributed by atoms with Crippen LogP contribution in [0.1, 0.15) is 39.7 Å². The van der Waals surface area contributed by atoms with Gasteiger partial charge in [0.25, 0.3) is 0 Å². The average molecular weight is 288 g/mol. The number of hydrogen-bond acceptors (Lipinski definition) is 1. The molecule has 0 spiro atoms. The molecule has 1 unspecified atom stereocenters. The van der Waals surface area contributed by atoms with Crippen molar-refractivity contribution in [3.05, 3.63) is 33.8 Å². The van der Waals surface area contributed by atoms with Crippen LogP contribution >= 0.6 is 23.2 Å². The van der Waals surface area contributed by atoms with Crippen molar-refractivity contribution in [2.45, 2.75) is 46.6 Å². The smallest absolute Gasteiger partial charge is 0.0439 e. The Balaban J connectivity index is 2.93. The molecule has 1 nitrogen and oxygen atoms in total. The van der Waals surface area contributed by atoms with Gasteiger partial charge in [0, 0.05) is 16.1 Å². The van der Waals surface area contributed by atoms with Crippen LogP contribution in [0.3, 0.4) is 0 Å². The van der Waals surface area contributed by atoms with Crippen molar-refractivity contribution in [2.75, 3.05) is 6.54 Å². The zero-order chi connectivity index (χ0) is 13.8. The molecule has 0 heterocycles. The second-order valence-electron chi connectivity index (χ2n) is 5.39. The van der Waals surface area contributed by atoms with Crippen LogP contribution < -0.4 is 5.32 Å². The highest BCUT2D eigenvalue weighted by Gasteiger charge is 2.27. The minimum absolute atomic E-state index is 0.238. The molecule has 102 valence electrons. The fourth-order valence-corrected chi connectivity index (χ4v) is 2.43. The van der Waals surface area contributed by atoms with Crippen molar-refractivity contribution >= 4 is 23.2 Å². The fraction of sp³-hybridized carbons (Fsp3) is 0.600. The third-order valence-corrected chi connectivity index (χ3v) is 4.34. The van der Waals surface area contributed by atoms with E-state index in [1.54, 1.807) is 0 Å². The molecule has 1 aromatic rings. The van der Waals surface area contributed by atoms with Crippen LogP contribution in [0.15, 0.2) is 18.2 Å². The summed E-state index contributed by atoms with van der Waals surface area (Å²) in [6.45, 7) is 9.91. The van der Waals surface area contributed by atoms with Crippen molar-refractivity contribution in [3.63, 3.8) is 0 Å². The quantitative estimate of drug-likeness (QED) is 0.781. The van der Waals surface area contributed by atoms with Crippen LogP contribution in [-0.2, 0) is 6.42 Å². The Morgan fingerprint density at radius 2 is 1.89 bits per heavy atom. The molecular formula is C15H23Cl2N. The Kier molecular flexibility index (Phi) is 5.97. The predicted octanol–water partition coefficient (Wildman–Crippen LogP) is 4.95. The molecule has 0 saturated heterocycles.